The van der Waals surface area contributed by atoms with Gasteiger partial charge in [0.15, 0.2) is 5.16 Å². The van der Waals surface area contributed by atoms with Gasteiger partial charge in [-0.3, -0.25) is 9.36 Å². The molecule has 0 saturated heterocycles. The molecular formula is C23H23N3O4S. The summed E-state index contributed by atoms with van der Waals surface area (Å²) in [6, 6.07) is 16.6. The fraction of sp³-hybridized carbons (Fsp3) is 0.217. The summed E-state index contributed by atoms with van der Waals surface area (Å²) >= 11 is 1.12. The number of esters is 1. The molecule has 3 aromatic rings. The number of fused-ring (bicyclic) bond motifs is 1. The van der Waals surface area contributed by atoms with Crippen LogP contribution in [0.1, 0.15) is 19.4 Å². The third-order valence-corrected chi connectivity index (χ3v) is 5.48. The highest BCUT2D eigenvalue weighted by molar-refractivity contribution is 7.99. The molecule has 7 nitrogen and oxygen atoms in total. The van der Waals surface area contributed by atoms with Crippen LogP contribution in [0.15, 0.2) is 75.9 Å². The molecule has 3 rings (SSSR count). The number of aliphatic hydroxyl groups excluding tert-OH is 1. The van der Waals surface area contributed by atoms with Crippen molar-refractivity contribution in [2.24, 2.45) is 0 Å². The molecule has 160 valence electrons. The largest absolute Gasteiger partial charge is 0.510 e. The fourth-order valence-corrected chi connectivity index (χ4v) is 3.94. The number of carbonyl (C=O) groups is 1. The molecule has 0 aliphatic rings. The number of nitrogens with zero attached hydrogens (tertiary/aromatic N) is 2. The van der Waals surface area contributed by atoms with Crippen LogP contribution in [0.3, 0.4) is 0 Å². The van der Waals surface area contributed by atoms with Crippen molar-refractivity contribution in [1.82, 2.24) is 9.55 Å². The van der Waals surface area contributed by atoms with Crippen molar-refractivity contribution in [2.75, 3.05) is 12.4 Å². The second-order valence-electron chi connectivity index (χ2n) is 6.74. The van der Waals surface area contributed by atoms with Gasteiger partial charge in [0.05, 0.1) is 29.8 Å². The summed E-state index contributed by atoms with van der Waals surface area (Å²) in [5.41, 5.74) is 1.04. The van der Waals surface area contributed by atoms with Crippen LogP contribution >= 0.6 is 11.8 Å². The molecule has 0 spiro atoms. The molecular weight excluding hydrogens is 414 g/mol. The van der Waals surface area contributed by atoms with E-state index in [9.17, 15) is 14.7 Å². The molecule has 8 heteroatoms. The van der Waals surface area contributed by atoms with E-state index >= 15 is 0 Å². The molecule has 0 saturated carbocycles. The lowest BCUT2D eigenvalue weighted by Crippen LogP contribution is -2.24. The lowest BCUT2D eigenvalue weighted by molar-refractivity contribution is -0.138. The summed E-state index contributed by atoms with van der Waals surface area (Å²) < 4.78 is 6.49. The van der Waals surface area contributed by atoms with E-state index in [0.717, 1.165) is 17.3 Å². The average molecular weight is 438 g/mol. The predicted molar refractivity (Wildman–Crippen MR) is 122 cm³/mol. The van der Waals surface area contributed by atoms with Gasteiger partial charge in [-0.2, -0.15) is 0 Å². The number of benzene rings is 2. The predicted octanol–water partition coefficient (Wildman–Crippen LogP) is 3.95. The van der Waals surface area contributed by atoms with Crippen molar-refractivity contribution in [3.63, 3.8) is 0 Å². The molecule has 0 fully saturated rings. The number of aliphatic hydroxyl groups is 1. The number of aromatic nitrogens is 2. The first kappa shape index (κ1) is 22.3. The van der Waals surface area contributed by atoms with Crippen LogP contribution in [-0.4, -0.2) is 38.7 Å². The van der Waals surface area contributed by atoms with Crippen molar-refractivity contribution in [2.45, 2.75) is 25.5 Å². The van der Waals surface area contributed by atoms with E-state index in [1.807, 2.05) is 30.3 Å². The molecule has 31 heavy (non-hydrogen) atoms. The molecule has 0 radical (unpaired) electrons. The number of hydrogen-bond acceptors (Lipinski definition) is 7. The number of carbonyl (C=O) groups excluding carboxylic acids is 1. The van der Waals surface area contributed by atoms with Gasteiger partial charge in [0.2, 0.25) is 0 Å². The van der Waals surface area contributed by atoms with Gasteiger partial charge in [-0.15, -0.1) is 0 Å². The molecule has 2 N–H and O–H groups in total. The van der Waals surface area contributed by atoms with Crippen molar-refractivity contribution in [1.29, 1.82) is 5.41 Å². The van der Waals surface area contributed by atoms with E-state index in [1.54, 1.807) is 35.8 Å². The maximum atomic E-state index is 13.2. The van der Waals surface area contributed by atoms with Crippen LogP contribution in [-0.2, 0) is 16.1 Å². The zero-order valence-electron chi connectivity index (χ0n) is 17.3. The molecule has 1 aromatic heterocycles. The van der Waals surface area contributed by atoms with Crippen LogP contribution in [0.2, 0.25) is 0 Å². The van der Waals surface area contributed by atoms with E-state index in [-0.39, 0.29) is 35.0 Å². The molecule has 1 heterocycles. The quantitative estimate of drug-likeness (QED) is 0.138. The maximum Gasteiger partial charge on any atom is 0.343 e. The minimum absolute atomic E-state index is 0.0378. The molecule has 0 unspecified atom stereocenters. The Morgan fingerprint density at radius 2 is 1.84 bits per heavy atom. The van der Waals surface area contributed by atoms with Gasteiger partial charge < -0.3 is 15.3 Å². The lowest BCUT2D eigenvalue weighted by Gasteiger charge is -2.14. The van der Waals surface area contributed by atoms with Crippen molar-refractivity contribution in [3.05, 3.63) is 81.8 Å². The third-order valence-electron chi connectivity index (χ3n) is 4.49. The summed E-state index contributed by atoms with van der Waals surface area (Å²) in [5, 5.41) is 19.2. The third kappa shape index (κ3) is 5.21. The van der Waals surface area contributed by atoms with Gasteiger partial charge in [-0.1, -0.05) is 54.2 Å². The van der Waals surface area contributed by atoms with E-state index in [2.05, 4.69) is 4.98 Å². The highest BCUT2D eigenvalue weighted by Gasteiger charge is 2.20. The van der Waals surface area contributed by atoms with Crippen molar-refractivity contribution < 1.29 is 14.6 Å². The van der Waals surface area contributed by atoms with Gasteiger partial charge in [0, 0.05) is 5.71 Å². The summed E-state index contributed by atoms with van der Waals surface area (Å²) in [6.07, 6.45) is 0. The number of thioether (sulfide) groups is 1. The second kappa shape index (κ2) is 10.1. The average Bonchev–Trinajstić information content (AvgIpc) is 2.75. The zero-order chi connectivity index (χ0) is 22.4. The SMILES string of the molecule is CCOC(=O)C(C(C)=N)=C(O)CSc1nc2ccccc2c(=O)n1Cc1ccccc1. The molecule has 0 bridgehead atoms. The Kier molecular flexibility index (Phi) is 7.25. The summed E-state index contributed by atoms with van der Waals surface area (Å²) in [5.74, 6) is -1.07. The summed E-state index contributed by atoms with van der Waals surface area (Å²) in [6.45, 7) is 3.52. The van der Waals surface area contributed by atoms with Crippen LogP contribution in [0, 0.1) is 5.41 Å². The maximum absolute atomic E-state index is 13.2. The Morgan fingerprint density at radius 1 is 1.16 bits per heavy atom. The number of rotatable bonds is 8. The first-order valence-electron chi connectivity index (χ1n) is 9.73. The smallest absolute Gasteiger partial charge is 0.343 e. The summed E-state index contributed by atoms with van der Waals surface area (Å²) in [4.78, 5) is 29.9. The molecule has 0 aliphatic carbocycles. The van der Waals surface area contributed by atoms with Crippen LogP contribution in [0.5, 0.6) is 0 Å². The van der Waals surface area contributed by atoms with E-state index in [4.69, 9.17) is 10.1 Å². The first-order chi connectivity index (χ1) is 14.9. The Morgan fingerprint density at radius 3 is 2.52 bits per heavy atom. The normalized spacial score (nSPS) is 11.8. The highest BCUT2D eigenvalue weighted by Crippen LogP contribution is 2.22. The Hall–Kier alpha value is -3.39. The molecule has 0 atom stereocenters. The lowest BCUT2D eigenvalue weighted by atomic mass is 10.1. The Labute approximate surface area is 183 Å². The molecule has 0 amide bonds. The zero-order valence-corrected chi connectivity index (χ0v) is 18.1. The van der Waals surface area contributed by atoms with Gasteiger partial charge in [0.25, 0.3) is 5.56 Å². The Balaban J connectivity index is 2.01. The minimum atomic E-state index is -0.749. The standard InChI is InChI=1S/C23H23N3O4S/c1-3-30-22(29)20(15(2)24)19(27)14-31-23-25-18-12-8-7-11-17(18)21(28)26(23)13-16-9-5-4-6-10-16/h4-12,24,27H,3,13-14H2,1-2H3. The highest BCUT2D eigenvalue weighted by atomic mass is 32.2. The van der Waals surface area contributed by atoms with Gasteiger partial charge >= 0.3 is 5.97 Å². The number of hydrogen-bond donors (Lipinski definition) is 2. The monoisotopic (exact) mass is 437 g/mol. The van der Waals surface area contributed by atoms with Crippen LogP contribution < -0.4 is 5.56 Å². The topological polar surface area (TPSA) is 105 Å². The van der Waals surface area contributed by atoms with Crippen LogP contribution in [0.4, 0.5) is 0 Å². The van der Waals surface area contributed by atoms with E-state index in [1.165, 1.54) is 6.92 Å². The first-order valence-corrected chi connectivity index (χ1v) is 10.7. The van der Waals surface area contributed by atoms with Crippen molar-refractivity contribution in [3.8, 4) is 0 Å². The molecule has 0 aliphatic heterocycles. The number of para-hydroxylation sites is 1. The summed E-state index contributed by atoms with van der Waals surface area (Å²) in [7, 11) is 0. The van der Waals surface area contributed by atoms with Crippen LogP contribution in [0.25, 0.3) is 10.9 Å². The number of ether oxygens (including phenoxy) is 1. The minimum Gasteiger partial charge on any atom is -0.510 e. The second-order valence-corrected chi connectivity index (χ2v) is 7.69. The van der Waals surface area contributed by atoms with Crippen molar-refractivity contribution >= 4 is 34.3 Å². The van der Waals surface area contributed by atoms with E-state index in [0.29, 0.717) is 22.6 Å². The number of nitrogens with one attached hydrogen (secondary N) is 1. The molecule has 2 aromatic carbocycles. The fourth-order valence-electron chi connectivity index (χ4n) is 3.06. The van der Waals surface area contributed by atoms with Gasteiger partial charge in [-0.25, -0.2) is 9.78 Å². The van der Waals surface area contributed by atoms with Gasteiger partial charge in [0.1, 0.15) is 11.3 Å². The Bertz CT molecular complexity index is 1200. The van der Waals surface area contributed by atoms with E-state index < -0.39 is 5.97 Å². The van der Waals surface area contributed by atoms with Gasteiger partial charge in [-0.05, 0) is 31.5 Å².